The lowest BCUT2D eigenvalue weighted by atomic mass is 10.1. The van der Waals surface area contributed by atoms with Gasteiger partial charge < -0.3 is 15.2 Å². The molecule has 6 nitrogen and oxygen atoms in total. The van der Waals surface area contributed by atoms with E-state index < -0.39 is 0 Å². The molecule has 0 fully saturated rings. The number of hydrogen-bond donors (Lipinski definition) is 2. The molecule has 0 saturated carbocycles. The summed E-state index contributed by atoms with van der Waals surface area (Å²) in [5, 5.41) is 14.8. The molecule has 8 heteroatoms. The van der Waals surface area contributed by atoms with Gasteiger partial charge in [-0.1, -0.05) is 55.5 Å². The second-order valence-corrected chi connectivity index (χ2v) is 6.75. The highest BCUT2D eigenvalue weighted by Crippen LogP contribution is 2.11. The summed E-state index contributed by atoms with van der Waals surface area (Å²) in [6.07, 6.45) is 2.56. The van der Waals surface area contributed by atoms with Crippen LogP contribution in [-0.4, -0.2) is 27.3 Å². The van der Waals surface area contributed by atoms with Crippen LogP contribution in [0.5, 0.6) is 0 Å². The number of nitrogens with zero attached hydrogens (tertiary/aromatic N) is 4. The van der Waals surface area contributed by atoms with Crippen LogP contribution in [0.4, 0.5) is 4.39 Å². The molecule has 0 spiro atoms. The van der Waals surface area contributed by atoms with Gasteiger partial charge in [0.05, 0.1) is 12.6 Å². The van der Waals surface area contributed by atoms with E-state index in [1.807, 2.05) is 28.8 Å². The van der Waals surface area contributed by atoms with Crippen molar-refractivity contribution in [3.8, 4) is 0 Å². The Morgan fingerprint density at radius 3 is 2.60 bits per heavy atom. The average Bonchev–Trinajstić information content (AvgIpc) is 3.21. The summed E-state index contributed by atoms with van der Waals surface area (Å²) < 4.78 is 16.0. The van der Waals surface area contributed by atoms with E-state index in [0.29, 0.717) is 18.1 Å². The number of hydrogen-bond acceptors (Lipinski definition) is 3. The first-order valence-corrected chi connectivity index (χ1v) is 9.87. The number of halogens is 2. The monoisotopic (exact) mass is 522 g/mol. The van der Waals surface area contributed by atoms with Gasteiger partial charge in [0.15, 0.2) is 5.96 Å². The van der Waals surface area contributed by atoms with Crippen LogP contribution in [0, 0.1) is 5.82 Å². The van der Waals surface area contributed by atoms with Crippen molar-refractivity contribution in [3.05, 3.63) is 83.7 Å². The van der Waals surface area contributed by atoms with Crippen LogP contribution in [0.3, 0.4) is 0 Å². The fourth-order valence-corrected chi connectivity index (χ4v) is 3.01. The molecule has 0 aliphatic rings. The van der Waals surface area contributed by atoms with Gasteiger partial charge in [-0.15, -0.1) is 34.2 Å². The Balaban J connectivity index is 0.00000320. The van der Waals surface area contributed by atoms with Gasteiger partial charge in [-0.25, -0.2) is 9.38 Å². The SMILES string of the molecule is CCc1nncn1CCNC(=NCc1ccccc1F)NC(C)c1ccccc1.I. The van der Waals surface area contributed by atoms with Crippen LogP contribution in [0.1, 0.15) is 36.8 Å². The molecule has 0 bridgehead atoms. The summed E-state index contributed by atoms with van der Waals surface area (Å²) in [6.45, 7) is 5.76. The minimum atomic E-state index is -0.246. The Morgan fingerprint density at radius 1 is 1.13 bits per heavy atom. The van der Waals surface area contributed by atoms with E-state index in [2.05, 4.69) is 51.8 Å². The topological polar surface area (TPSA) is 67.1 Å². The normalized spacial score (nSPS) is 12.2. The summed E-state index contributed by atoms with van der Waals surface area (Å²) in [6, 6.07) is 16.9. The van der Waals surface area contributed by atoms with E-state index in [9.17, 15) is 4.39 Å². The van der Waals surface area contributed by atoms with E-state index in [1.165, 1.54) is 6.07 Å². The lowest BCUT2D eigenvalue weighted by Gasteiger charge is -2.19. The van der Waals surface area contributed by atoms with E-state index in [-0.39, 0.29) is 42.4 Å². The zero-order valence-electron chi connectivity index (χ0n) is 17.3. The van der Waals surface area contributed by atoms with Gasteiger partial charge in [-0.3, -0.25) is 0 Å². The van der Waals surface area contributed by atoms with Crippen molar-refractivity contribution in [2.75, 3.05) is 6.54 Å². The highest BCUT2D eigenvalue weighted by Gasteiger charge is 2.09. The molecule has 160 valence electrons. The summed E-state index contributed by atoms with van der Waals surface area (Å²) in [4.78, 5) is 4.60. The van der Waals surface area contributed by atoms with Crippen molar-refractivity contribution >= 4 is 29.9 Å². The number of aliphatic imine (C=N–C) groups is 1. The maximum absolute atomic E-state index is 14.0. The van der Waals surface area contributed by atoms with Gasteiger partial charge in [0.1, 0.15) is 18.0 Å². The molecule has 3 aromatic rings. The lowest BCUT2D eigenvalue weighted by Crippen LogP contribution is -2.40. The number of aryl methyl sites for hydroxylation is 1. The maximum atomic E-state index is 14.0. The molecule has 0 aliphatic heterocycles. The lowest BCUT2D eigenvalue weighted by molar-refractivity contribution is 0.605. The Labute approximate surface area is 194 Å². The average molecular weight is 522 g/mol. The van der Waals surface area contributed by atoms with Crippen molar-refractivity contribution in [2.24, 2.45) is 4.99 Å². The molecule has 0 radical (unpaired) electrons. The van der Waals surface area contributed by atoms with Gasteiger partial charge >= 0.3 is 0 Å². The number of rotatable bonds is 8. The minimum absolute atomic E-state index is 0. The van der Waals surface area contributed by atoms with Gasteiger partial charge in [0, 0.05) is 25.1 Å². The van der Waals surface area contributed by atoms with Crippen molar-refractivity contribution in [1.29, 1.82) is 0 Å². The Hall–Kier alpha value is -2.49. The molecule has 2 N–H and O–H groups in total. The molecule has 2 aromatic carbocycles. The number of aromatic nitrogens is 3. The largest absolute Gasteiger partial charge is 0.355 e. The predicted octanol–water partition coefficient (Wildman–Crippen LogP) is 4.09. The van der Waals surface area contributed by atoms with Crippen LogP contribution in [-0.2, 0) is 19.5 Å². The molecule has 1 heterocycles. The molecule has 1 aromatic heterocycles. The third-order valence-corrected chi connectivity index (χ3v) is 4.68. The minimum Gasteiger partial charge on any atom is -0.355 e. The molecule has 0 amide bonds. The fourth-order valence-electron chi connectivity index (χ4n) is 3.01. The smallest absolute Gasteiger partial charge is 0.192 e. The van der Waals surface area contributed by atoms with Crippen LogP contribution < -0.4 is 10.6 Å². The van der Waals surface area contributed by atoms with E-state index in [1.54, 1.807) is 18.5 Å². The van der Waals surface area contributed by atoms with Crippen LogP contribution in [0.2, 0.25) is 0 Å². The second-order valence-electron chi connectivity index (χ2n) is 6.75. The second kappa shape index (κ2) is 12.3. The van der Waals surface area contributed by atoms with Gasteiger partial charge in [-0.05, 0) is 18.6 Å². The van der Waals surface area contributed by atoms with Gasteiger partial charge in [-0.2, -0.15) is 0 Å². The Morgan fingerprint density at radius 2 is 1.87 bits per heavy atom. The third kappa shape index (κ3) is 6.79. The highest BCUT2D eigenvalue weighted by atomic mass is 127. The Kier molecular flexibility index (Phi) is 9.72. The summed E-state index contributed by atoms with van der Waals surface area (Å²) in [7, 11) is 0. The molecule has 1 unspecified atom stereocenters. The first-order valence-electron chi connectivity index (χ1n) is 9.87. The summed E-state index contributed by atoms with van der Waals surface area (Å²) in [5.74, 6) is 1.33. The van der Waals surface area contributed by atoms with Crippen molar-refractivity contribution in [2.45, 2.75) is 39.4 Å². The molecular formula is C22H28FIN6. The maximum Gasteiger partial charge on any atom is 0.192 e. The molecule has 0 aliphatic carbocycles. The quantitative estimate of drug-likeness (QED) is 0.266. The van der Waals surface area contributed by atoms with Gasteiger partial charge in [0.25, 0.3) is 0 Å². The van der Waals surface area contributed by atoms with E-state index in [0.717, 1.165) is 24.4 Å². The zero-order valence-corrected chi connectivity index (χ0v) is 19.6. The van der Waals surface area contributed by atoms with E-state index in [4.69, 9.17) is 0 Å². The number of benzene rings is 2. The van der Waals surface area contributed by atoms with Crippen LogP contribution in [0.15, 0.2) is 65.9 Å². The van der Waals surface area contributed by atoms with Crippen LogP contribution in [0.25, 0.3) is 0 Å². The third-order valence-electron chi connectivity index (χ3n) is 4.68. The van der Waals surface area contributed by atoms with Crippen molar-refractivity contribution in [3.63, 3.8) is 0 Å². The number of nitrogens with one attached hydrogen (secondary N) is 2. The highest BCUT2D eigenvalue weighted by molar-refractivity contribution is 14.0. The number of guanidine groups is 1. The standard InChI is InChI=1S/C22H27FN6.HI/c1-3-21-28-26-16-29(21)14-13-24-22(25-15-19-11-7-8-12-20(19)23)27-17(2)18-9-5-4-6-10-18;/h4-12,16-17H,3,13-15H2,1-2H3,(H2,24,25,27);1H. The molecule has 1 atom stereocenters. The van der Waals surface area contributed by atoms with Crippen molar-refractivity contribution in [1.82, 2.24) is 25.4 Å². The molecule has 3 rings (SSSR count). The predicted molar refractivity (Wildman–Crippen MR) is 128 cm³/mol. The first kappa shape index (κ1) is 23.8. The molecule has 30 heavy (non-hydrogen) atoms. The summed E-state index contributed by atoms with van der Waals surface area (Å²) >= 11 is 0. The molecule has 0 saturated heterocycles. The van der Waals surface area contributed by atoms with E-state index >= 15 is 0 Å². The molecular weight excluding hydrogens is 494 g/mol. The van der Waals surface area contributed by atoms with Gasteiger partial charge in [0.2, 0.25) is 0 Å². The summed E-state index contributed by atoms with van der Waals surface area (Å²) in [5.41, 5.74) is 1.72. The Bertz CT molecular complexity index is 928. The van der Waals surface area contributed by atoms with Crippen LogP contribution >= 0.6 is 24.0 Å². The van der Waals surface area contributed by atoms with Crippen molar-refractivity contribution < 1.29 is 4.39 Å². The zero-order chi connectivity index (χ0) is 20.5. The first-order chi connectivity index (χ1) is 14.2. The fraction of sp³-hybridized carbons (Fsp3) is 0.318.